The molecule has 0 aliphatic heterocycles. The summed E-state index contributed by atoms with van der Waals surface area (Å²) in [7, 11) is 0. The number of rotatable bonds is 1. The Morgan fingerprint density at radius 1 is 0.375 bits per heavy atom. The van der Waals surface area contributed by atoms with Crippen LogP contribution in [-0.4, -0.2) is 23.1 Å². The summed E-state index contributed by atoms with van der Waals surface area (Å²) in [4.78, 5) is 40.1. The first-order valence-corrected chi connectivity index (χ1v) is 10.3. The number of benzene rings is 4. The maximum Gasteiger partial charge on any atom is 0.195 e. The minimum Gasteiger partial charge on any atom is -0.300 e. The topological polar surface area (TPSA) is 75.1 Å². The summed E-state index contributed by atoms with van der Waals surface area (Å²) in [5.41, 5.74) is 4.75. The number of carbonyl (C=O) groups excluding carboxylic acids is 3. The molecule has 4 nitrogen and oxygen atoms in total. The largest absolute Gasteiger partial charge is 0.300 e. The molecule has 0 atom stereocenters. The van der Waals surface area contributed by atoms with Crippen LogP contribution in [0.5, 0.6) is 0 Å². The first-order chi connectivity index (χ1) is 15.6. The highest BCUT2D eigenvalue weighted by atomic mass is 16.1. The van der Waals surface area contributed by atoms with Crippen molar-refractivity contribution in [2.24, 2.45) is 0 Å². The van der Waals surface area contributed by atoms with E-state index < -0.39 is 0 Å². The Bertz CT molecular complexity index is 1430. The SMILES string of the molecule is N=C1c2ccccc2C(=O)c2c1cccc2-c1cccc2c1C(=O)c1ccccc1C2=O. The fourth-order valence-corrected chi connectivity index (χ4v) is 4.78. The molecule has 0 saturated carbocycles. The van der Waals surface area contributed by atoms with Crippen molar-refractivity contribution in [3.8, 4) is 11.1 Å². The molecule has 4 aromatic carbocycles. The molecule has 0 bridgehead atoms. The molecular formula is C28H15NO3. The van der Waals surface area contributed by atoms with Gasteiger partial charge in [0, 0.05) is 44.5 Å². The number of fused-ring (bicyclic) bond motifs is 4. The predicted molar refractivity (Wildman–Crippen MR) is 121 cm³/mol. The third kappa shape index (κ3) is 2.32. The van der Waals surface area contributed by atoms with E-state index in [0.717, 1.165) is 0 Å². The van der Waals surface area contributed by atoms with Gasteiger partial charge in [-0.1, -0.05) is 84.9 Å². The second-order valence-electron chi connectivity index (χ2n) is 7.91. The van der Waals surface area contributed by atoms with Gasteiger partial charge in [0.1, 0.15) is 0 Å². The molecule has 0 amide bonds. The van der Waals surface area contributed by atoms with E-state index in [9.17, 15) is 14.4 Å². The van der Waals surface area contributed by atoms with Gasteiger partial charge in [-0.25, -0.2) is 0 Å². The molecule has 4 aromatic rings. The van der Waals surface area contributed by atoms with Crippen LogP contribution >= 0.6 is 0 Å². The lowest BCUT2D eigenvalue weighted by Crippen LogP contribution is -2.24. The van der Waals surface area contributed by atoms with Gasteiger partial charge in [-0.2, -0.15) is 0 Å². The van der Waals surface area contributed by atoms with Gasteiger partial charge in [0.2, 0.25) is 0 Å². The predicted octanol–water partition coefficient (Wildman–Crippen LogP) is 5.09. The zero-order valence-electron chi connectivity index (χ0n) is 16.8. The Hall–Kier alpha value is -4.44. The number of ketones is 3. The molecular weight excluding hydrogens is 398 g/mol. The van der Waals surface area contributed by atoms with Crippen LogP contribution in [0.1, 0.15) is 58.9 Å². The van der Waals surface area contributed by atoms with E-state index in [4.69, 9.17) is 5.41 Å². The van der Waals surface area contributed by atoms with E-state index >= 15 is 0 Å². The van der Waals surface area contributed by atoms with Gasteiger partial charge in [-0.3, -0.25) is 19.8 Å². The monoisotopic (exact) mass is 413 g/mol. The van der Waals surface area contributed by atoms with Crippen LogP contribution in [0.2, 0.25) is 0 Å². The van der Waals surface area contributed by atoms with Gasteiger partial charge >= 0.3 is 0 Å². The van der Waals surface area contributed by atoms with Crippen LogP contribution in [0.4, 0.5) is 0 Å². The van der Waals surface area contributed by atoms with E-state index in [1.54, 1.807) is 78.9 Å². The van der Waals surface area contributed by atoms with E-state index in [2.05, 4.69) is 0 Å². The maximum atomic E-state index is 13.5. The molecule has 0 fully saturated rings. The Morgan fingerprint density at radius 3 is 1.34 bits per heavy atom. The normalized spacial score (nSPS) is 13.9. The lowest BCUT2D eigenvalue weighted by atomic mass is 9.76. The molecule has 2 aliphatic carbocycles. The van der Waals surface area contributed by atoms with Gasteiger partial charge < -0.3 is 0 Å². The van der Waals surface area contributed by atoms with Crippen molar-refractivity contribution in [3.63, 3.8) is 0 Å². The van der Waals surface area contributed by atoms with Crippen LogP contribution in [0, 0.1) is 5.41 Å². The van der Waals surface area contributed by atoms with Crippen LogP contribution in [0.15, 0.2) is 84.9 Å². The fraction of sp³-hybridized carbons (Fsp3) is 0. The third-order valence-electron chi connectivity index (χ3n) is 6.24. The van der Waals surface area contributed by atoms with E-state index in [-0.39, 0.29) is 23.1 Å². The quantitative estimate of drug-likeness (QED) is 0.408. The Kier molecular flexibility index (Phi) is 3.74. The summed E-state index contributed by atoms with van der Waals surface area (Å²) < 4.78 is 0. The second kappa shape index (κ2) is 6.53. The number of carbonyl (C=O) groups is 3. The van der Waals surface area contributed by atoms with Gasteiger partial charge in [0.15, 0.2) is 17.3 Å². The number of hydrogen-bond donors (Lipinski definition) is 1. The minimum atomic E-state index is -0.234. The van der Waals surface area contributed by atoms with Crippen LogP contribution in [-0.2, 0) is 0 Å². The summed E-state index contributed by atoms with van der Waals surface area (Å²) in [6, 6.07) is 24.4. The summed E-state index contributed by atoms with van der Waals surface area (Å²) in [5, 5.41) is 8.68. The highest BCUT2D eigenvalue weighted by Crippen LogP contribution is 2.39. The molecule has 6 rings (SSSR count). The lowest BCUT2D eigenvalue weighted by molar-refractivity contribution is 0.0979. The minimum absolute atomic E-state index is 0.185. The molecule has 1 N–H and O–H groups in total. The first kappa shape index (κ1) is 18.3. The second-order valence-corrected chi connectivity index (χ2v) is 7.91. The van der Waals surface area contributed by atoms with E-state index in [0.29, 0.717) is 55.6 Å². The molecule has 0 heterocycles. The summed E-state index contributed by atoms with van der Waals surface area (Å²) in [6.45, 7) is 0. The van der Waals surface area contributed by atoms with Crippen LogP contribution < -0.4 is 0 Å². The third-order valence-corrected chi connectivity index (χ3v) is 6.24. The van der Waals surface area contributed by atoms with Crippen LogP contribution in [0.3, 0.4) is 0 Å². The van der Waals surface area contributed by atoms with Crippen molar-refractivity contribution in [2.45, 2.75) is 0 Å². The van der Waals surface area contributed by atoms with Crippen molar-refractivity contribution in [3.05, 3.63) is 129 Å². The Labute approximate surface area is 183 Å². The zero-order chi connectivity index (χ0) is 22.0. The molecule has 0 aromatic heterocycles. The molecule has 150 valence electrons. The smallest absolute Gasteiger partial charge is 0.195 e. The molecule has 0 saturated heterocycles. The molecule has 2 aliphatic rings. The van der Waals surface area contributed by atoms with Crippen molar-refractivity contribution in [2.75, 3.05) is 0 Å². The molecule has 32 heavy (non-hydrogen) atoms. The Morgan fingerprint density at radius 2 is 0.750 bits per heavy atom. The van der Waals surface area contributed by atoms with Crippen LogP contribution in [0.25, 0.3) is 11.1 Å². The lowest BCUT2D eigenvalue weighted by Gasteiger charge is -2.24. The van der Waals surface area contributed by atoms with Crippen molar-refractivity contribution < 1.29 is 14.4 Å². The molecule has 0 radical (unpaired) electrons. The highest BCUT2D eigenvalue weighted by Gasteiger charge is 2.34. The van der Waals surface area contributed by atoms with E-state index in [1.165, 1.54) is 0 Å². The van der Waals surface area contributed by atoms with E-state index in [1.807, 2.05) is 6.07 Å². The summed E-state index contributed by atoms with van der Waals surface area (Å²) in [5.74, 6) is -0.622. The van der Waals surface area contributed by atoms with Crippen molar-refractivity contribution in [1.29, 1.82) is 5.41 Å². The average Bonchev–Trinajstić information content (AvgIpc) is 2.85. The zero-order valence-corrected chi connectivity index (χ0v) is 16.8. The summed E-state index contributed by atoms with van der Waals surface area (Å²) in [6.07, 6.45) is 0. The highest BCUT2D eigenvalue weighted by molar-refractivity contribution is 6.33. The molecule has 0 unspecified atom stereocenters. The molecule has 0 spiro atoms. The maximum absolute atomic E-state index is 13.5. The van der Waals surface area contributed by atoms with Gasteiger partial charge in [0.25, 0.3) is 0 Å². The van der Waals surface area contributed by atoms with Gasteiger partial charge in [0.05, 0.1) is 5.71 Å². The van der Waals surface area contributed by atoms with Gasteiger partial charge in [-0.05, 0) is 11.1 Å². The van der Waals surface area contributed by atoms with Crippen molar-refractivity contribution >= 4 is 23.1 Å². The average molecular weight is 413 g/mol. The fourth-order valence-electron chi connectivity index (χ4n) is 4.78. The van der Waals surface area contributed by atoms with Crippen molar-refractivity contribution in [1.82, 2.24) is 0 Å². The number of hydrogen-bond acceptors (Lipinski definition) is 4. The first-order valence-electron chi connectivity index (χ1n) is 10.3. The van der Waals surface area contributed by atoms with Gasteiger partial charge in [-0.15, -0.1) is 0 Å². The standard InChI is InChI=1S/C28H15NO3/c29-25-17-7-1-2-8-18(17)27(31)23-15(11-5-13-21(23)25)16-12-6-14-22-24(16)28(32)20-10-4-3-9-19(20)26(22)30/h1-14,29H. The summed E-state index contributed by atoms with van der Waals surface area (Å²) >= 11 is 0. The number of nitrogens with one attached hydrogen (secondary N) is 1. The Balaban J connectivity index is 1.64. The molecule has 4 heteroatoms.